The third-order valence-electron chi connectivity index (χ3n) is 3.45. The number of hydrogen-bond donors (Lipinski definition) is 0. The zero-order valence-corrected chi connectivity index (χ0v) is 12.9. The molecule has 0 saturated carbocycles. The summed E-state index contributed by atoms with van der Waals surface area (Å²) in [6.07, 6.45) is 5.70. The van der Waals surface area contributed by atoms with Crippen LogP contribution in [0.4, 0.5) is 8.78 Å². The highest BCUT2D eigenvalue weighted by Gasteiger charge is 2.15. The van der Waals surface area contributed by atoms with Crippen molar-refractivity contribution in [3.05, 3.63) is 41.2 Å². The van der Waals surface area contributed by atoms with Crippen LogP contribution in [0.5, 0.6) is 5.75 Å². The van der Waals surface area contributed by atoms with E-state index in [9.17, 15) is 8.78 Å². The van der Waals surface area contributed by atoms with Crippen molar-refractivity contribution in [3.63, 3.8) is 0 Å². The van der Waals surface area contributed by atoms with Crippen molar-refractivity contribution < 1.29 is 18.3 Å². The number of rotatable bonds is 4. The van der Waals surface area contributed by atoms with Gasteiger partial charge < -0.3 is 9.47 Å². The topological polar surface area (TPSA) is 18.5 Å². The predicted octanol–water partition coefficient (Wildman–Crippen LogP) is 4.58. The molecule has 1 unspecified atom stereocenters. The first-order valence-electron chi connectivity index (χ1n) is 7.63. The first kappa shape index (κ1) is 16.4. The third-order valence-corrected chi connectivity index (χ3v) is 3.45. The number of hydrogen-bond acceptors (Lipinski definition) is 2. The first-order chi connectivity index (χ1) is 10.7. The van der Waals surface area contributed by atoms with E-state index in [0.717, 1.165) is 31.3 Å². The van der Waals surface area contributed by atoms with Crippen molar-refractivity contribution in [2.45, 2.75) is 45.6 Å². The zero-order chi connectivity index (χ0) is 15.9. The second kappa shape index (κ2) is 7.84. The Morgan fingerprint density at radius 2 is 2.05 bits per heavy atom. The Kier molecular flexibility index (Phi) is 5.83. The van der Waals surface area contributed by atoms with E-state index >= 15 is 0 Å². The van der Waals surface area contributed by atoms with Gasteiger partial charge in [-0.25, -0.2) is 4.39 Å². The molecule has 4 heteroatoms. The van der Waals surface area contributed by atoms with Gasteiger partial charge in [-0.05, 0) is 38.3 Å². The van der Waals surface area contributed by atoms with E-state index in [1.165, 1.54) is 12.1 Å². The molecule has 0 bridgehead atoms. The Hall–Kier alpha value is -2.02. The Balaban J connectivity index is 2.11. The normalized spacial score (nSPS) is 17.1. The first-order valence-corrected chi connectivity index (χ1v) is 7.63. The van der Waals surface area contributed by atoms with E-state index in [-0.39, 0.29) is 24.0 Å². The highest BCUT2D eigenvalue weighted by molar-refractivity contribution is 5.44. The summed E-state index contributed by atoms with van der Waals surface area (Å²) in [5.74, 6) is 3.47. The molecule has 118 valence electrons. The van der Waals surface area contributed by atoms with E-state index in [4.69, 9.17) is 9.47 Å². The van der Waals surface area contributed by atoms with Crippen LogP contribution in [0.1, 0.15) is 45.1 Å². The Morgan fingerprint density at radius 3 is 2.68 bits per heavy atom. The lowest BCUT2D eigenvalue weighted by molar-refractivity contribution is 0.112. The minimum absolute atomic E-state index is 0.0255. The van der Waals surface area contributed by atoms with E-state index < -0.39 is 11.6 Å². The molecule has 1 aliphatic rings. The van der Waals surface area contributed by atoms with Crippen molar-refractivity contribution in [3.8, 4) is 17.6 Å². The van der Waals surface area contributed by atoms with Gasteiger partial charge in [-0.2, -0.15) is 4.39 Å². The average Bonchev–Trinajstić information content (AvgIpc) is 2.53. The Labute approximate surface area is 130 Å². The molecule has 2 nitrogen and oxygen atoms in total. The minimum atomic E-state index is -0.995. The molecule has 1 aromatic carbocycles. The van der Waals surface area contributed by atoms with Crippen LogP contribution >= 0.6 is 0 Å². The van der Waals surface area contributed by atoms with E-state index in [1.54, 1.807) is 13.2 Å². The minimum Gasteiger partial charge on any atom is -0.497 e. The van der Waals surface area contributed by atoms with Gasteiger partial charge in [-0.15, -0.1) is 0 Å². The van der Waals surface area contributed by atoms with Crippen molar-refractivity contribution in [2.24, 2.45) is 0 Å². The van der Waals surface area contributed by atoms with Gasteiger partial charge in [0.05, 0.1) is 24.5 Å². The van der Waals surface area contributed by atoms with Gasteiger partial charge in [0.15, 0.2) is 11.6 Å². The molecule has 0 N–H and O–H groups in total. The number of benzene rings is 1. The van der Waals surface area contributed by atoms with Gasteiger partial charge in [-0.3, -0.25) is 0 Å². The molecule has 0 fully saturated rings. The fraction of sp³-hybridized carbons (Fsp3) is 0.444. The lowest BCUT2D eigenvalue weighted by atomic mass is 10.0. The predicted molar refractivity (Wildman–Crippen MR) is 81.5 cm³/mol. The van der Waals surface area contributed by atoms with Crippen LogP contribution in [-0.4, -0.2) is 12.7 Å². The molecule has 22 heavy (non-hydrogen) atoms. The molecule has 1 atom stereocenters. The third kappa shape index (κ3) is 4.00. The molecule has 0 aliphatic carbocycles. The smallest absolute Gasteiger partial charge is 0.201 e. The Bertz CT molecular complexity index is 611. The van der Waals surface area contributed by atoms with E-state index in [2.05, 4.69) is 18.8 Å². The highest BCUT2D eigenvalue weighted by atomic mass is 19.2. The summed E-state index contributed by atoms with van der Waals surface area (Å²) in [6.45, 7) is 4.11. The zero-order valence-electron chi connectivity index (χ0n) is 12.9. The number of allylic oxidation sites excluding steroid dienone is 1. The quantitative estimate of drug-likeness (QED) is 0.758. The van der Waals surface area contributed by atoms with Crippen molar-refractivity contribution in [2.75, 3.05) is 6.61 Å². The van der Waals surface area contributed by atoms with Gasteiger partial charge >= 0.3 is 0 Å². The van der Waals surface area contributed by atoms with Crippen LogP contribution < -0.4 is 4.74 Å². The maximum Gasteiger partial charge on any atom is 0.201 e. The lowest BCUT2D eigenvalue weighted by Gasteiger charge is -2.20. The molecule has 2 rings (SSSR count). The van der Waals surface area contributed by atoms with E-state index in [0.29, 0.717) is 0 Å². The van der Waals surface area contributed by atoms with Gasteiger partial charge in [-0.1, -0.05) is 25.2 Å². The van der Waals surface area contributed by atoms with E-state index in [1.807, 2.05) is 0 Å². The number of halogens is 2. The molecular weight excluding hydrogens is 286 g/mol. The summed E-state index contributed by atoms with van der Waals surface area (Å²) in [6, 6.07) is 2.83. The maximum atomic E-state index is 13.9. The van der Waals surface area contributed by atoms with Crippen molar-refractivity contribution >= 4 is 0 Å². The maximum absolute atomic E-state index is 13.9. The van der Waals surface area contributed by atoms with Crippen molar-refractivity contribution in [1.29, 1.82) is 0 Å². The lowest BCUT2D eigenvalue weighted by Crippen LogP contribution is -2.13. The van der Waals surface area contributed by atoms with Crippen LogP contribution in [0.3, 0.4) is 0 Å². The average molecular weight is 306 g/mol. The van der Waals surface area contributed by atoms with Crippen LogP contribution in [-0.2, 0) is 4.74 Å². The molecule has 1 aromatic rings. The molecular formula is C18H20F2O2. The number of ether oxygens (including phenoxy) is 2. The fourth-order valence-corrected chi connectivity index (χ4v) is 2.29. The van der Waals surface area contributed by atoms with Crippen LogP contribution in [0.25, 0.3) is 0 Å². The van der Waals surface area contributed by atoms with Crippen LogP contribution in [0.15, 0.2) is 24.0 Å². The molecule has 0 radical (unpaired) electrons. The van der Waals surface area contributed by atoms with Gasteiger partial charge in [0.2, 0.25) is 5.82 Å². The fourth-order valence-electron chi connectivity index (χ4n) is 2.29. The second-order valence-corrected chi connectivity index (χ2v) is 5.15. The summed E-state index contributed by atoms with van der Waals surface area (Å²) >= 11 is 0. The molecule has 0 saturated heterocycles. The largest absolute Gasteiger partial charge is 0.497 e. The summed E-state index contributed by atoms with van der Waals surface area (Å²) in [5.41, 5.74) is 0.832. The molecule has 1 heterocycles. The monoisotopic (exact) mass is 306 g/mol. The standard InChI is InChI=1S/C18H20F2O2/c1-3-5-15-10-7-13(12-22-15)6-8-14-9-11-16(21-4-2)18(20)17(14)19/h9,11-12,15H,3-5,7,10H2,1-2H3. The second-order valence-electron chi connectivity index (χ2n) is 5.15. The van der Waals surface area contributed by atoms with Gasteiger partial charge in [0.1, 0.15) is 0 Å². The SMILES string of the molecule is CCCC1CCC(C#Cc2ccc(OCC)c(F)c2F)=CO1. The van der Waals surface area contributed by atoms with Gasteiger partial charge in [0.25, 0.3) is 0 Å². The molecule has 0 aromatic heterocycles. The summed E-state index contributed by atoms with van der Waals surface area (Å²) in [7, 11) is 0. The highest BCUT2D eigenvalue weighted by Crippen LogP contribution is 2.23. The summed E-state index contributed by atoms with van der Waals surface area (Å²) in [4.78, 5) is 0. The molecule has 0 amide bonds. The Morgan fingerprint density at radius 1 is 1.23 bits per heavy atom. The van der Waals surface area contributed by atoms with Crippen LogP contribution in [0.2, 0.25) is 0 Å². The molecule has 0 spiro atoms. The molecule has 1 aliphatic heterocycles. The summed E-state index contributed by atoms with van der Waals surface area (Å²) in [5, 5.41) is 0. The van der Waals surface area contributed by atoms with Gasteiger partial charge in [0, 0.05) is 5.57 Å². The summed E-state index contributed by atoms with van der Waals surface area (Å²) < 4.78 is 38.2. The van der Waals surface area contributed by atoms with Crippen molar-refractivity contribution in [1.82, 2.24) is 0 Å². The van der Waals surface area contributed by atoms with Crippen LogP contribution in [0, 0.1) is 23.5 Å².